The quantitative estimate of drug-likeness (QED) is 0.323. The fourth-order valence-corrected chi connectivity index (χ4v) is 1.49. The first kappa shape index (κ1) is 16.1. The minimum absolute atomic E-state index is 0. The summed E-state index contributed by atoms with van der Waals surface area (Å²) in [5.74, 6) is 0. The van der Waals surface area contributed by atoms with E-state index in [9.17, 15) is 0 Å². The summed E-state index contributed by atoms with van der Waals surface area (Å²) < 4.78 is 0. The summed E-state index contributed by atoms with van der Waals surface area (Å²) in [6.45, 7) is 6.12. The van der Waals surface area contributed by atoms with Crippen molar-refractivity contribution in [2.24, 2.45) is 0 Å². The maximum atomic E-state index is 3.84. The first-order valence-corrected chi connectivity index (χ1v) is 5.71. The Hall–Kier alpha value is 0.623. The van der Waals surface area contributed by atoms with E-state index in [0.29, 0.717) is 0 Å². The Morgan fingerprint density at radius 2 is 1.08 bits per heavy atom. The normalized spacial score (nSPS) is 9.69. The second kappa shape index (κ2) is 15.1. The molecule has 0 spiro atoms. The van der Waals surface area contributed by atoms with Crippen LogP contribution in [0.2, 0.25) is 0 Å². The van der Waals surface area contributed by atoms with Crippen molar-refractivity contribution in [1.29, 1.82) is 0 Å². The molecule has 0 nitrogen and oxygen atoms in total. The Morgan fingerprint density at radius 1 is 0.692 bits per heavy atom. The molecule has 0 N–H and O–H groups in total. The minimum atomic E-state index is 0. The average molecular weight is 272 g/mol. The van der Waals surface area contributed by atoms with E-state index in [1.54, 1.807) is 0 Å². The molecule has 0 atom stereocenters. The molecule has 0 saturated heterocycles. The fourth-order valence-electron chi connectivity index (χ4n) is 1.49. The van der Waals surface area contributed by atoms with Gasteiger partial charge in [0.15, 0.2) is 0 Å². The third-order valence-corrected chi connectivity index (χ3v) is 2.35. The predicted molar refractivity (Wildman–Crippen MR) is 57.2 cm³/mol. The summed E-state index contributed by atoms with van der Waals surface area (Å²) in [6, 6.07) is 0. The summed E-state index contributed by atoms with van der Waals surface area (Å²) in [7, 11) is 0. The second-order valence-electron chi connectivity index (χ2n) is 3.68. The van der Waals surface area contributed by atoms with Crippen molar-refractivity contribution >= 4 is 0 Å². The van der Waals surface area contributed by atoms with Crippen molar-refractivity contribution in [1.82, 2.24) is 0 Å². The van der Waals surface area contributed by atoms with Crippen molar-refractivity contribution in [2.45, 2.75) is 71.1 Å². The van der Waals surface area contributed by atoms with E-state index in [4.69, 9.17) is 0 Å². The Labute approximate surface area is 97.6 Å². The van der Waals surface area contributed by atoms with E-state index in [1.165, 1.54) is 57.8 Å². The standard InChI is InChI=1S/C12H25.Rh/c1-3-5-7-9-11-12-10-8-6-4-2;/h1,3-12H2,2H3;/q-1;. The van der Waals surface area contributed by atoms with Gasteiger partial charge in [-0.2, -0.15) is 6.42 Å². The number of hydrogen-bond donors (Lipinski definition) is 0. The Morgan fingerprint density at radius 3 is 1.46 bits per heavy atom. The molecular formula is C12H25Rh-. The fraction of sp³-hybridized carbons (Fsp3) is 0.917. The largest absolute Gasteiger partial charge is 0.343 e. The van der Waals surface area contributed by atoms with Crippen LogP contribution in [0, 0.1) is 6.92 Å². The van der Waals surface area contributed by atoms with E-state index in [-0.39, 0.29) is 19.5 Å². The molecule has 0 rings (SSSR count). The topological polar surface area (TPSA) is 0 Å². The first-order chi connectivity index (χ1) is 5.91. The van der Waals surface area contributed by atoms with Crippen LogP contribution in [0.5, 0.6) is 0 Å². The van der Waals surface area contributed by atoms with Crippen LogP contribution in [0.3, 0.4) is 0 Å². The third-order valence-electron chi connectivity index (χ3n) is 2.35. The van der Waals surface area contributed by atoms with Gasteiger partial charge in [0.05, 0.1) is 0 Å². The van der Waals surface area contributed by atoms with Crippen molar-refractivity contribution < 1.29 is 19.5 Å². The molecule has 0 saturated carbocycles. The Kier molecular flexibility index (Phi) is 18.7. The molecule has 1 radical (unpaired) electrons. The SMILES string of the molecule is [CH2-]CCCCCCCCCCC.[Rh]. The van der Waals surface area contributed by atoms with Gasteiger partial charge in [0.2, 0.25) is 0 Å². The van der Waals surface area contributed by atoms with E-state index in [2.05, 4.69) is 13.8 Å². The first-order valence-electron chi connectivity index (χ1n) is 5.71. The van der Waals surface area contributed by atoms with Gasteiger partial charge in [-0.15, -0.1) is 0 Å². The zero-order chi connectivity index (χ0) is 9.07. The molecule has 1 heteroatoms. The van der Waals surface area contributed by atoms with Gasteiger partial charge >= 0.3 is 0 Å². The summed E-state index contributed by atoms with van der Waals surface area (Å²) >= 11 is 0. The molecule has 0 unspecified atom stereocenters. The van der Waals surface area contributed by atoms with E-state index in [1.807, 2.05) is 0 Å². The average Bonchev–Trinajstić information content (AvgIpc) is 2.10. The number of unbranched alkanes of at least 4 members (excludes halogenated alkanes) is 9. The van der Waals surface area contributed by atoms with Crippen molar-refractivity contribution in [3.63, 3.8) is 0 Å². The van der Waals surface area contributed by atoms with Crippen LogP contribution in [0.15, 0.2) is 0 Å². The van der Waals surface area contributed by atoms with Gasteiger partial charge in [-0.05, 0) is 0 Å². The van der Waals surface area contributed by atoms with Crippen LogP contribution in [-0.2, 0) is 19.5 Å². The molecule has 0 aromatic heterocycles. The van der Waals surface area contributed by atoms with Gasteiger partial charge in [-0.25, -0.2) is 0 Å². The van der Waals surface area contributed by atoms with Crippen LogP contribution >= 0.6 is 0 Å². The van der Waals surface area contributed by atoms with E-state index >= 15 is 0 Å². The maximum Gasteiger partial charge on any atom is 0 e. The monoisotopic (exact) mass is 272 g/mol. The van der Waals surface area contributed by atoms with Crippen molar-refractivity contribution in [3.8, 4) is 0 Å². The minimum Gasteiger partial charge on any atom is -0.343 e. The molecule has 0 heterocycles. The second-order valence-corrected chi connectivity index (χ2v) is 3.68. The third kappa shape index (κ3) is 15.4. The van der Waals surface area contributed by atoms with Crippen molar-refractivity contribution in [3.05, 3.63) is 6.92 Å². The number of hydrogen-bond acceptors (Lipinski definition) is 0. The molecule has 83 valence electrons. The van der Waals surface area contributed by atoms with Crippen LogP contribution in [-0.4, -0.2) is 0 Å². The molecule has 0 aliphatic carbocycles. The molecular weight excluding hydrogens is 247 g/mol. The molecule has 0 fully saturated rings. The summed E-state index contributed by atoms with van der Waals surface area (Å²) in [5.41, 5.74) is 0. The van der Waals surface area contributed by atoms with Crippen LogP contribution in [0.4, 0.5) is 0 Å². The van der Waals surface area contributed by atoms with E-state index < -0.39 is 0 Å². The van der Waals surface area contributed by atoms with Crippen LogP contribution in [0.25, 0.3) is 0 Å². The zero-order valence-corrected chi connectivity index (χ0v) is 10.8. The summed E-state index contributed by atoms with van der Waals surface area (Å²) in [5, 5.41) is 0. The van der Waals surface area contributed by atoms with E-state index in [0.717, 1.165) is 6.42 Å². The van der Waals surface area contributed by atoms with Gasteiger partial charge < -0.3 is 6.92 Å². The molecule has 0 aromatic rings. The van der Waals surface area contributed by atoms with Gasteiger partial charge in [0, 0.05) is 19.5 Å². The van der Waals surface area contributed by atoms with Gasteiger partial charge in [0.1, 0.15) is 0 Å². The molecule has 0 bridgehead atoms. The zero-order valence-electron chi connectivity index (χ0n) is 9.11. The number of rotatable bonds is 9. The Bertz CT molecular complexity index is 61.5. The Balaban J connectivity index is 0. The van der Waals surface area contributed by atoms with Crippen molar-refractivity contribution in [2.75, 3.05) is 0 Å². The van der Waals surface area contributed by atoms with Gasteiger partial charge in [-0.3, -0.25) is 0 Å². The molecule has 0 aliphatic rings. The van der Waals surface area contributed by atoms with Crippen LogP contribution < -0.4 is 0 Å². The molecule has 13 heavy (non-hydrogen) atoms. The summed E-state index contributed by atoms with van der Waals surface area (Å²) in [4.78, 5) is 0. The molecule has 0 aromatic carbocycles. The smallest absolute Gasteiger partial charge is 0 e. The van der Waals surface area contributed by atoms with Gasteiger partial charge in [-0.1, -0.05) is 64.7 Å². The van der Waals surface area contributed by atoms with Crippen LogP contribution in [0.1, 0.15) is 71.1 Å². The molecule has 0 aliphatic heterocycles. The molecule has 0 amide bonds. The predicted octanol–water partition coefficient (Wildman–Crippen LogP) is 4.74. The maximum absolute atomic E-state index is 3.84. The van der Waals surface area contributed by atoms with Gasteiger partial charge in [0.25, 0.3) is 0 Å². The summed E-state index contributed by atoms with van der Waals surface area (Å²) in [6.07, 6.45) is 13.9.